The standard InChI is InChI=1S/C21H22N4O2/c1-3-13-27-18-11-9-17(10-12-18)19-14-20(24-23-19)21(26)25-22-15(2)16-7-5-4-6-8-16/h4-12,14H,3,13H2,1-2H3,(H,23,24)(H,25,26)/b22-15-. The summed E-state index contributed by atoms with van der Waals surface area (Å²) in [4.78, 5) is 12.3. The Kier molecular flexibility index (Phi) is 5.99. The second-order valence-corrected chi connectivity index (χ2v) is 6.04. The van der Waals surface area contributed by atoms with E-state index >= 15 is 0 Å². The maximum Gasteiger partial charge on any atom is 0.289 e. The van der Waals surface area contributed by atoms with Crippen molar-refractivity contribution in [3.8, 4) is 17.0 Å². The van der Waals surface area contributed by atoms with Crippen LogP contribution in [0.1, 0.15) is 36.3 Å². The van der Waals surface area contributed by atoms with Crippen molar-refractivity contribution < 1.29 is 9.53 Å². The fraction of sp³-hybridized carbons (Fsp3) is 0.190. The number of H-pyrrole nitrogens is 1. The monoisotopic (exact) mass is 362 g/mol. The summed E-state index contributed by atoms with van der Waals surface area (Å²) in [6, 6.07) is 19.0. The molecule has 0 radical (unpaired) electrons. The molecule has 6 nitrogen and oxygen atoms in total. The largest absolute Gasteiger partial charge is 0.494 e. The van der Waals surface area contributed by atoms with Gasteiger partial charge in [0.1, 0.15) is 11.4 Å². The number of rotatable bonds is 7. The third-order valence-electron chi connectivity index (χ3n) is 3.96. The molecule has 3 rings (SSSR count). The Morgan fingerprint density at radius 1 is 1.15 bits per heavy atom. The minimum atomic E-state index is -0.341. The summed E-state index contributed by atoms with van der Waals surface area (Å²) in [5.74, 6) is 0.478. The maximum absolute atomic E-state index is 12.3. The van der Waals surface area contributed by atoms with Gasteiger partial charge < -0.3 is 4.74 Å². The smallest absolute Gasteiger partial charge is 0.289 e. The van der Waals surface area contributed by atoms with Crippen molar-refractivity contribution in [2.24, 2.45) is 5.10 Å². The number of carbonyl (C=O) groups is 1. The summed E-state index contributed by atoms with van der Waals surface area (Å²) in [6.45, 7) is 4.60. The number of aromatic amines is 1. The summed E-state index contributed by atoms with van der Waals surface area (Å²) < 4.78 is 5.57. The van der Waals surface area contributed by atoms with Crippen LogP contribution in [0.5, 0.6) is 5.75 Å². The predicted octanol–water partition coefficient (Wildman–Crippen LogP) is 4.02. The number of hydrogen-bond acceptors (Lipinski definition) is 4. The SMILES string of the molecule is CCCOc1ccc(-c2cc(C(=O)N/N=C(/C)c3ccccc3)[nH]n2)cc1. The Labute approximate surface area is 158 Å². The normalized spacial score (nSPS) is 11.3. The van der Waals surface area contributed by atoms with Gasteiger partial charge in [0.15, 0.2) is 0 Å². The van der Waals surface area contributed by atoms with Crippen LogP contribution in [0.25, 0.3) is 11.3 Å². The number of nitrogens with zero attached hydrogens (tertiary/aromatic N) is 2. The first-order chi connectivity index (χ1) is 13.2. The zero-order valence-electron chi connectivity index (χ0n) is 15.4. The zero-order valence-corrected chi connectivity index (χ0v) is 15.4. The van der Waals surface area contributed by atoms with Gasteiger partial charge in [-0.25, -0.2) is 5.43 Å². The van der Waals surface area contributed by atoms with Crippen molar-refractivity contribution >= 4 is 11.6 Å². The van der Waals surface area contributed by atoms with Gasteiger partial charge in [-0.3, -0.25) is 9.89 Å². The molecule has 0 saturated heterocycles. The number of aromatic nitrogens is 2. The van der Waals surface area contributed by atoms with Crippen molar-refractivity contribution in [2.45, 2.75) is 20.3 Å². The third kappa shape index (κ3) is 4.82. The Bertz CT molecular complexity index is 915. The van der Waals surface area contributed by atoms with E-state index in [1.165, 1.54) is 0 Å². The zero-order chi connectivity index (χ0) is 19.1. The van der Waals surface area contributed by atoms with Crippen LogP contribution in [0.4, 0.5) is 0 Å². The van der Waals surface area contributed by atoms with Gasteiger partial charge in [-0.05, 0) is 49.2 Å². The van der Waals surface area contributed by atoms with E-state index < -0.39 is 0 Å². The van der Waals surface area contributed by atoms with Gasteiger partial charge >= 0.3 is 0 Å². The third-order valence-corrected chi connectivity index (χ3v) is 3.96. The molecule has 3 aromatic rings. The number of ether oxygens (including phenoxy) is 1. The molecular weight excluding hydrogens is 340 g/mol. The molecule has 0 fully saturated rings. The van der Waals surface area contributed by atoms with Crippen LogP contribution in [0.3, 0.4) is 0 Å². The summed E-state index contributed by atoms with van der Waals surface area (Å²) >= 11 is 0. The van der Waals surface area contributed by atoms with Gasteiger partial charge in [0.05, 0.1) is 18.0 Å². The number of amides is 1. The van der Waals surface area contributed by atoms with Gasteiger partial charge in [-0.15, -0.1) is 0 Å². The number of nitrogens with one attached hydrogen (secondary N) is 2. The van der Waals surface area contributed by atoms with Crippen LogP contribution < -0.4 is 10.2 Å². The van der Waals surface area contributed by atoms with E-state index in [2.05, 4.69) is 27.6 Å². The lowest BCUT2D eigenvalue weighted by Gasteiger charge is -2.04. The van der Waals surface area contributed by atoms with E-state index in [-0.39, 0.29) is 5.91 Å². The molecule has 0 spiro atoms. The number of hydrazone groups is 1. The highest BCUT2D eigenvalue weighted by Gasteiger charge is 2.11. The summed E-state index contributed by atoms with van der Waals surface area (Å²) in [6.07, 6.45) is 0.964. The average molecular weight is 362 g/mol. The van der Waals surface area contributed by atoms with Gasteiger partial charge in [0.25, 0.3) is 5.91 Å². The quantitative estimate of drug-likeness (QED) is 0.492. The molecule has 0 aliphatic heterocycles. The van der Waals surface area contributed by atoms with E-state index in [9.17, 15) is 4.79 Å². The molecule has 2 aromatic carbocycles. The topological polar surface area (TPSA) is 79.4 Å². The maximum atomic E-state index is 12.3. The second kappa shape index (κ2) is 8.80. The summed E-state index contributed by atoms with van der Waals surface area (Å²) in [5.41, 5.74) is 6.17. The van der Waals surface area contributed by atoms with Crippen LogP contribution in [-0.2, 0) is 0 Å². The predicted molar refractivity (Wildman–Crippen MR) is 106 cm³/mol. The first-order valence-corrected chi connectivity index (χ1v) is 8.86. The highest BCUT2D eigenvalue weighted by molar-refractivity contribution is 6.00. The number of carbonyl (C=O) groups excluding carboxylic acids is 1. The minimum Gasteiger partial charge on any atom is -0.494 e. The Morgan fingerprint density at radius 3 is 2.59 bits per heavy atom. The molecule has 0 aliphatic rings. The number of benzene rings is 2. The van der Waals surface area contributed by atoms with Gasteiger partial charge in [-0.1, -0.05) is 37.3 Å². The van der Waals surface area contributed by atoms with Gasteiger partial charge in [0.2, 0.25) is 0 Å². The van der Waals surface area contributed by atoms with E-state index in [1.54, 1.807) is 6.07 Å². The molecule has 2 N–H and O–H groups in total. The Morgan fingerprint density at radius 2 is 1.89 bits per heavy atom. The molecule has 0 bridgehead atoms. The summed E-state index contributed by atoms with van der Waals surface area (Å²) in [5, 5.41) is 11.1. The minimum absolute atomic E-state index is 0.341. The lowest BCUT2D eigenvalue weighted by Crippen LogP contribution is -2.19. The first-order valence-electron chi connectivity index (χ1n) is 8.86. The molecule has 1 heterocycles. The van der Waals surface area contributed by atoms with Gasteiger partial charge in [0, 0.05) is 5.56 Å². The molecule has 0 unspecified atom stereocenters. The summed E-state index contributed by atoms with van der Waals surface area (Å²) in [7, 11) is 0. The van der Waals surface area contributed by atoms with E-state index in [0.29, 0.717) is 18.0 Å². The fourth-order valence-electron chi connectivity index (χ4n) is 2.47. The molecule has 138 valence electrons. The molecule has 0 atom stereocenters. The van der Waals surface area contributed by atoms with Crippen molar-refractivity contribution in [1.29, 1.82) is 0 Å². The highest BCUT2D eigenvalue weighted by Crippen LogP contribution is 2.21. The fourth-order valence-corrected chi connectivity index (χ4v) is 2.47. The molecule has 0 aliphatic carbocycles. The molecule has 6 heteroatoms. The Balaban J connectivity index is 1.65. The highest BCUT2D eigenvalue weighted by atomic mass is 16.5. The molecule has 27 heavy (non-hydrogen) atoms. The van der Waals surface area contributed by atoms with Crippen molar-refractivity contribution in [3.05, 3.63) is 71.9 Å². The van der Waals surface area contributed by atoms with Crippen molar-refractivity contribution in [1.82, 2.24) is 15.6 Å². The van der Waals surface area contributed by atoms with Crippen LogP contribution in [0, 0.1) is 0 Å². The second-order valence-electron chi connectivity index (χ2n) is 6.04. The van der Waals surface area contributed by atoms with E-state index in [1.807, 2.05) is 61.5 Å². The first kappa shape index (κ1) is 18.4. The lowest BCUT2D eigenvalue weighted by atomic mass is 10.1. The number of hydrogen-bond donors (Lipinski definition) is 2. The van der Waals surface area contributed by atoms with Crippen molar-refractivity contribution in [3.63, 3.8) is 0 Å². The van der Waals surface area contributed by atoms with E-state index in [0.717, 1.165) is 29.0 Å². The van der Waals surface area contributed by atoms with Crippen molar-refractivity contribution in [2.75, 3.05) is 6.61 Å². The van der Waals surface area contributed by atoms with Crippen LogP contribution in [-0.4, -0.2) is 28.4 Å². The molecule has 1 aromatic heterocycles. The van der Waals surface area contributed by atoms with Crippen LogP contribution in [0.15, 0.2) is 65.8 Å². The molecule has 0 saturated carbocycles. The van der Waals surface area contributed by atoms with E-state index in [4.69, 9.17) is 4.74 Å². The lowest BCUT2D eigenvalue weighted by molar-refractivity contribution is 0.0950. The molecule has 1 amide bonds. The van der Waals surface area contributed by atoms with Crippen LogP contribution >= 0.6 is 0 Å². The Hall–Kier alpha value is -3.41. The van der Waals surface area contributed by atoms with Crippen LogP contribution in [0.2, 0.25) is 0 Å². The average Bonchev–Trinajstić information content (AvgIpc) is 3.21. The molecular formula is C21H22N4O2. The van der Waals surface area contributed by atoms with Gasteiger partial charge in [-0.2, -0.15) is 10.2 Å².